The van der Waals surface area contributed by atoms with Gasteiger partial charge in [-0.3, -0.25) is 4.79 Å². The summed E-state index contributed by atoms with van der Waals surface area (Å²) in [6.07, 6.45) is 1.96. The molecule has 0 amide bonds. The van der Waals surface area contributed by atoms with Gasteiger partial charge in [0, 0.05) is 24.9 Å². The highest BCUT2D eigenvalue weighted by Crippen LogP contribution is 2.15. The van der Waals surface area contributed by atoms with Crippen molar-refractivity contribution >= 4 is 11.4 Å². The van der Waals surface area contributed by atoms with E-state index in [9.17, 15) is 4.79 Å². The molecule has 0 bridgehead atoms. The summed E-state index contributed by atoms with van der Waals surface area (Å²) in [6.45, 7) is 7.62. The monoisotopic (exact) mass is 217 g/mol. The summed E-state index contributed by atoms with van der Waals surface area (Å²) in [5.41, 5.74) is 1.77. The average Bonchev–Trinajstić information content (AvgIpc) is 2.31. The summed E-state index contributed by atoms with van der Waals surface area (Å²) in [6, 6.07) is 9.80. The number of benzene rings is 1. The molecule has 2 nitrogen and oxygen atoms in total. The molecule has 0 saturated carbocycles. The first-order valence-electron chi connectivity index (χ1n) is 5.71. The van der Waals surface area contributed by atoms with Crippen LogP contribution >= 0.6 is 0 Å². The van der Waals surface area contributed by atoms with Crippen molar-refractivity contribution in [1.29, 1.82) is 0 Å². The van der Waals surface area contributed by atoms with E-state index in [4.69, 9.17) is 0 Å². The quantitative estimate of drug-likeness (QED) is 0.707. The summed E-state index contributed by atoms with van der Waals surface area (Å²) in [7, 11) is 0. The molecule has 0 spiro atoms. The Kier molecular flexibility index (Phi) is 4.77. The fourth-order valence-electron chi connectivity index (χ4n) is 1.58. The smallest absolute Gasteiger partial charge is 0.161 e. The molecule has 2 heteroatoms. The molecule has 0 saturated heterocycles. The topological polar surface area (TPSA) is 20.3 Å². The largest absolute Gasteiger partial charge is 0.377 e. The average molecular weight is 217 g/mol. The van der Waals surface area contributed by atoms with Crippen LogP contribution in [0.4, 0.5) is 0 Å². The number of Topliss-reactive ketones (excluding diaryl/α,β-unsaturated/α-hetero) is 1. The highest BCUT2D eigenvalue weighted by molar-refractivity contribution is 6.19. The van der Waals surface area contributed by atoms with Gasteiger partial charge in [-0.05, 0) is 26.3 Å². The van der Waals surface area contributed by atoms with Crippen molar-refractivity contribution in [2.75, 3.05) is 13.1 Å². The van der Waals surface area contributed by atoms with Crippen LogP contribution in [-0.4, -0.2) is 23.8 Å². The van der Waals surface area contributed by atoms with Crippen molar-refractivity contribution in [1.82, 2.24) is 4.90 Å². The molecule has 0 aliphatic heterocycles. The molecule has 0 heterocycles. The first-order chi connectivity index (χ1) is 7.69. The molecule has 86 valence electrons. The molecule has 0 aliphatic rings. The molecular weight excluding hydrogens is 198 g/mol. The van der Waals surface area contributed by atoms with E-state index in [1.54, 1.807) is 6.92 Å². The minimum atomic E-state index is 0.109. The number of hydrogen-bond donors (Lipinski definition) is 0. The number of allylic oxidation sites excluding steroid dienone is 1. The van der Waals surface area contributed by atoms with Crippen molar-refractivity contribution in [3.63, 3.8) is 0 Å². The van der Waals surface area contributed by atoms with E-state index in [2.05, 4.69) is 18.7 Å². The van der Waals surface area contributed by atoms with Gasteiger partial charge in [0.1, 0.15) is 0 Å². The van der Waals surface area contributed by atoms with Crippen LogP contribution in [0.25, 0.3) is 5.57 Å². The fourth-order valence-corrected chi connectivity index (χ4v) is 1.58. The standard InChI is InChI=1S/C14H19NO/c1-4-15(5-2)11-14(12(3)16)13-9-7-6-8-10-13/h6-11H,4-5H2,1-3H3/b14-11-. The number of carbonyl (C=O) groups is 1. The maximum Gasteiger partial charge on any atom is 0.161 e. The lowest BCUT2D eigenvalue weighted by Crippen LogP contribution is -2.17. The molecule has 0 radical (unpaired) electrons. The van der Waals surface area contributed by atoms with Crippen LogP contribution in [-0.2, 0) is 4.79 Å². The van der Waals surface area contributed by atoms with E-state index >= 15 is 0 Å². The number of nitrogens with zero attached hydrogens (tertiary/aromatic N) is 1. The normalized spacial score (nSPS) is 11.3. The zero-order valence-electron chi connectivity index (χ0n) is 10.2. The Bertz CT molecular complexity index is 364. The van der Waals surface area contributed by atoms with Gasteiger partial charge in [-0.25, -0.2) is 0 Å². The summed E-state index contributed by atoms with van der Waals surface area (Å²) in [5.74, 6) is 0.109. The lowest BCUT2D eigenvalue weighted by Gasteiger charge is -2.17. The van der Waals surface area contributed by atoms with Gasteiger partial charge >= 0.3 is 0 Å². The lowest BCUT2D eigenvalue weighted by molar-refractivity contribution is -0.111. The van der Waals surface area contributed by atoms with Crippen LogP contribution in [0.3, 0.4) is 0 Å². The molecule has 0 N–H and O–H groups in total. The first-order valence-corrected chi connectivity index (χ1v) is 5.71. The Labute approximate surface area is 97.6 Å². The lowest BCUT2D eigenvalue weighted by atomic mass is 10.0. The molecule has 16 heavy (non-hydrogen) atoms. The summed E-state index contributed by atoms with van der Waals surface area (Å²) in [5, 5.41) is 0. The van der Waals surface area contributed by atoms with Crippen LogP contribution in [0.1, 0.15) is 26.3 Å². The summed E-state index contributed by atoms with van der Waals surface area (Å²) < 4.78 is 0. The summed E-state index contributed by atoms with van der Waals surface area (Å²) in [4.78, 5) is 13.7. The second kappa shape index (κ2) is 6.11. The molecule has 0 aliphatic carbocycles. The van der Waals surface area contributed by atoms with Crippen LogP contribution in [0.15, 0.2) is 36.5 Å². The van der Waals surface area contributed by atoms with Gasteiger partial charge in [0.2, 0.25) is 0 Å². The molecule has 1 aromatic carbocycles. The molecule has 0 fully saturated rings. The van der Waals surface area contributed by atoms with Crippen molar-refractivity contribution in [3.05, 3.63) is 42.1 Å². The minimum absolute atomic E-state index is 0.109. The second-order valence-corrected chi connectivity index (χ2v) is 3.69. The van der Waals surface area contributed by atoms with Crippen molar-refractivity contribution in [2.45, 2.75) is 20.8 Å². The second-order valence-electron chi connectivity index (χ2n) is 3.69. The Balaban J connectivity index is 3.05. The SMILES string of the molecule is CCN(/C=C(/C(C)=O)c1ccccc1)CC. The molecule has 0 atom stereocenters. The van der Waals surface area contributed by atoms with Gasteiger partial charge in [-0.2, -0.15) is 0 Å². The third-order valence-electron chi connectivity index (χ3n) is 2.59. The van der Waals surface area contributed by atoms with Gasteiger partial charge in [-0.15, -0.1) is 0 Å². The van der Waals surface area contributed by atoms with Gasteiger partial charge in [0.25, 0.3) is 0 Å². The third-order valence-corrected chi connectivity index (χ3v) is 2.59. The van der Waals surface area contributed by atoms with Crippen LogP contribution in [0.5, 0.6) is 0 Å². The first kappa shape index (κ1) is 12.5. The molecule has 0 unspecified atom stereocenters. The number of carbonyl (C=O) groups excluding carboxylic acids is 1. The molecule has 0 aromatic heterocycles. The Morgan fingerprint density at radius 3 is 2.19 bits per heavy atom. The third kappa shape index (κ3) is 3.23. The van der Waals surface area contributed by atoms with Gasteiger partial charge in [0.15, 0.2) is 5.78 Å². The van der Waals surface area contributed by atoms with Crippen LogP contribution in [0, 0.1) is 0 Å². The predicted molar refractivity (Wildman–Crippen MR) is 68.0 cm³/mol. The zero-order valence-corrected chi connectivity index (χ0v) is 10.2. The zero-order chi connectivity index (χ0) is 12.0. The molecule has 1 aromatic rings. The van der Waals surface area contributed by atoms with E-state index in [0.717, 1.165) is 24.2 Å². The van der Waals surface area contributed by atoms with Crippen molar-refractivity contribution in [3.8, 4) is 0 Å². The number of rotatable bonds is 5. The predicted octanol–water partition coefficient (Wildman–Crippen LogP) is 2.96. The number of hydrogen-bond acceptors (Lipinski definition) is 2. The number of ketones is 1. The van der Waals surface area contributed by atoms with Gasteiger partial charge < -0.3 is 4.90 Å². The van der Waals surface area contributed by atoms with Crippen molar-refractivity contribution < 1.29 is 4.79 Å². The van der Waals surface area contributed by atoms with Crippen LogP contribution in [0.2, 0.25) is 0 Å². The fraction of sp³-hybridized carbons (Fsp3) is 0.357. The maximum atomic E-state index is 11.6. The Morgan fingerprint density at radius 1 is 1.19 bits per heavy atom. The Hall–Kier alpha value is -1.57. The molecular formula is C14H19NO. The summed E-state index contributed by atoms with van der Waals surface area (Å²) >= 11 is 0. The van der Waals surface area contributed by atoms with Gasteiger partial charge in [0.05, 0.1) is 0 Å². The maximum absolute atomic E-state index is 11.6. The van der Waals surface area contributed by atoms with E-state index in [0.29, 0.717) is 0 Å². The molecule has 1 rings (SSSR count). The van der Waals surface area contributed by atoms with E-state index in [-0.39, 0.29) is 5.78 Å². The van der Waals surface area contributed by atoms with Crippen molar-refractivity contribution in [2.24, 2.45) is 0 Å². The van der Waals surface area contributed by atoms with Crippen LogP contribution < -0.4 is 0 Å². The minimum Gasteiger partial charge on any atom is -0.377 e. The van der Waals surface area contributed by atoms with E-state index in [1.165, 1.54) is 0 Å². The van der Waals surface area contributed by atoms with Gasteiger partial charge in [-0.1, -0.05) is 30.3 Å². The highest BCUT2D eigenvalue weighted by atomic mass is 16.1. The highest BCUT2D eigenvalue weighted by Gasteiger charge is 2.07. The van der Waals surface area contributed by atoms with E-state index < -0.39 is 0 Å². The Morgan fingerprint density at radius 2 is 1.75 bits per heavy atom. The van der Waals surface area contributed by atoms with E-state index in [1.807, 2.05) is 36.5 Å².